The average molecular weight is 395 g/mol. The largest absolute Gasteiger partial charge is 0.474 e. The number of fused-ring (bicyclic) bond motifs is 1. The first-order valence-corrected chi connectivity index (χ1v) is 10.4. The lowest BCUT2D eigenvalue weighted by Crippen LogP contribution is -2.28. The summed E-state index contributed by atoms with van der Waals surface area (Å²) in [4.78, 5) is 13.7. The number of aromatic nitrogens is 2. The topological polar surface area (TPSA) is 41.5 Å². The highest BCUT2D eigenvalue weighted by Gasteiger charge is 2.10. The van der Waals surface area contributed by atoms with Crippen molar-refractivity contribution in [2.45, 2.75) is 13.8 Å². The van der Waals surface area contributed by atoms with Crippen molar-refractivity contribution in [1.82, 2.24) is 14.9 Å². The van der Waals surface area contributed by atoms with Crippen LogP contribution in [-0.4, -0.2) is 55.2 Å². The molecule has 0 bridgehead atoms. The van der Waals surface area contributed by atoms with E-state index in [0.717, 1.165) is 41.9 Å². The van der Waals surface area contributed by atoms with E-state index in [1.165, 1.54) is 0 Å². The standard InChI is InChI=1S/C22H26N4OS/c1-5-26(6-2)13-14-27-22-19(23-20-15-28-16-21(20)24-22)12-9-17-7-10-18(11-8-17)25(3)4/h7-8,10-11,15-16H,5-6,13-14H2,1-4H3. The molecular weight excluding hydrogens is 368 g/mol. The van der Waals surface area contributed by atoms with Crippen molar-refractivity contribution in [3.05, 3.63) is 46.3 Å². The van der Waals surface area contributed by atoms with Crippen LogP contribution in [0.3, 0.4) is 0 Å². The third kappa shape index (κ3) is 5.00. The Kier molecular flexibility index (Phi) is 6.85. The van der Waals surface area contributed by atoms with Crippen molar-refractivity contribution in [1.29, 1.82) is 0 Å². The molecule has 0 spiro atoms. The zero-order valence-corrected chi connectivity index (χ0v) is 17.7. The van der Waals surface area contributed by atoms with Crippen molar-refractivity contribution < 1.29 is 4.74 Å². The smallest absolute Gasteiger partial charge is 0.249 e. The van der Waals surface area contributed by atoms with Gasteiger partial charge in [0.15, 0.2) is 5.69 Å². The van der Waals surface area contributed by atoms with Gasteiger partial charge in [0.1, 0.15) is 17.6 Å². The van der Waals surface area contributed by atoms with Crippen LogP contribution in [0.4, 0.5) is 5.69 Å². The van der Waals surface area contributed by atoms with Gasteiger partial charge in [0, 0.05) is 42.7 Å². The van der Waals surface area contributed by atoms with Crippen LogP contribution in [0.5, 0.6) is 5.88 Å². The molecule has 28 heavy (non-hydrogen) atoms. The molecular formula is C22H26N4OS. The molecule has 0 saturated heterocycles. The number of anilines is 1. The molecule has 2 heterocycles. The van der Waals surface area contributed by atoms with Crippen LogP contribution < -0.4 is 9.64 Å². The van der Waals surface area contributed by atoms with Gasteiger partial charge in [0.2, 0.25) is 5.88 Å². The van der Waals surface area contributed by atoms with Gasteiger partial charge >= 0.3 is 0 Å². The first-order valence-electron chi connectivity index (χ1n) is 9.49. The second-order valence-corrected chi connectivity index (χ2v) is 7.33. The highest BCUT2D eigenvalue weighted by molar-refractivity contribution is 7.09. The van der Waals surface area contributed by atoms with E-state index in [2.05, 4.69) is 57.6 Å². The van der Waals surface area contributed by atoms with E-state index in [0.29, 0.717) is 18.2 Å². The number of benzene rings is 1. The molecule has 0 aliphatic rings. The fourth-order valence-electron chi connectivity index (χ4n) is 2.75. The molecule has 0 N–H and O–H groups in total. The summed E-state index contributed by atoms with van der Waals surface area (Å²) >= 11 is 1.58. The molecule has 146 valence electrons. The Morgan fingerprint density at radius 3 is 2.29 bits per heavy atom. The van der Waals surface area contributed by atoms with Crippen LogP contribution in [0.15, 0.2) is 35.0 Å². The number of nitrogens with zero attached hydrogens (tertiary/aromatic N) is 4. The van der Waals surface area contributed by atoms with E-state index in [1.807, 2.05) is 37.0 Å². The Labute approximate surface area is 171 Å². The number of thiophene rings is 1. The van der Waals surface area contributed by atoms with E-state index < -0.39 is 0 Å². The second kappa shape index (κ2) is 9.54. The highest BCUT2D eigenvalue weighted by atomic mass is 32.1. The summed E-state index contributed by atoms with van der Waals surface area (Å²) in [6.07, 6.45) is 0. The number of hydrogen-bond donors (Lipinski definition) is 0. The molecule has 2 aromatic heterocycles. The van der Waals surface area contributed by atoms with Gasteiger partial charge in [0.25, 0.3) is 0 Å². The molecule has 0 saturated carbocycles. The maximum atomic E-state index is 5.97. The van der Waals surface area contributed by atoms with E-state index >= 15 is 0 Å². The summed E-state index contributed by atoms with van der Waals surface area (Å²) in [6.45, 7) is 7.74. The minimum Gasteiger partial charge on any atom is -0.474 e. The van der Waals surface area contributed by atoms with Crippen LogP contribution in [0.1, 0.15) is 25.1 Å². The molecule has 0 aliphatic carbocycles. The number of ether oxygens (including phenoxy) is 1. The molecule has 6 heteroatoms. The molecule has 0 atom stereocenters. The third-order valence-electron chi connectivity index (χ3n) is 4.53. The maximum Gasteiger partial charge on any atom is 0.249 e. The minimum absolute atomic E-state index is 0.510. The van der Waals surface area contributed by atoms with Gasteiger partial charge in [0.05, 0.1) is 0 Å². The van der Waals surface area contributed by atoms with Crippen molar-refractivity contribution in [3.63, 3.8) is 0 Å². The van der Waals surface area contributed by atoms with Gasteiger partial charge < -0.3 is 14.5 Å². The third-order valence-corrected chi connectivity index (χ3v) is 5.25. The predicted octanol–water partition coefficient (Wildman–Crippen LogP) is 3.88. The Morgan fingerprint density at radius 1 is 0.964 bits per heavy atom. The zero-order chi connectivity index (χ0) is 19.9. The monoisotopic (exact) mass is 394 g/mol. The number of hydrogen-bond acceptors (Lipinski definition) is 6. The Morgan fingerprint density at radius 2 is 1.64 bits per heavy atom. The van der Waals surface area contributed by atoms with Crippen LogP contribution in [0, 0.1) is 11.8 Å². The summed E-state index contributed by atoms with van der Waals surface area (Å²) in [5.74, 6) is 6.85. The van der Waals surface area contributed by atoms with Crippen molar-refractivity contribution in [2.75, 3.05) is 45.2 Å². The van der Waals surface area contributed by atoms with Gasteiger partial charge in [-0.3, -0.25) is 0 Å². The van der Waals surface area contributed by atoms with Crippen molar-refractivity contribution >= 4 is 28.1 Å². The van der Waals surface area contributed by atoms with Gasteiger partial charge in [-0.05, 0) is 43.3 Å². The highest BCUT2D eigenvalue weighted by Crippen LogP contribution is 2.21. The fourth-order valence-corrected chi connectivity index (χ4v) is 3.42. The lowest BCUT2D eigenvalue weighted by Gasteiger charge is -2.17. The van der Waals surface area contributed by atoms with E-state index in [4.69, 9.17) is 4.74 Å². The molecule has 0 unspecified atom stereocenters. The molecule has 0 radical (unpaired) electrons. The predicted molar refractivity (Wildman–Crippen MR) is 117 cm³/mol. The second-order valence-electron chi connectivity index (χ2n) is 6.59. The Hall–Kier alpha value is -2.62. The molecule has 0 amide bonds. The van der Waals surface area contributed by atoms with Gasteiger partial charge in [-0.25, -0.2) is 9.97 Å². The Balaban J connectivity index is 1.83. The lowest BCUT2D eigenvalue weighted by atomic mass is 10.2. The van der Waals surface area contributed by atoms with E-state index in [-0.39, 0.29) is 0 Å². The minimum atomic E-state index is 0.510. The SMILES string of the molecule is CCN(CC)CCOc1nc2cscc2nc1C#Cc1ccc(N(C)C)cc1. The van der Waals surface area contributed by atoms with Gasteiger partial charge in [-0.15, -0.1) is 11.3 Å². The van der Waals surface area contributed by atoms with Crippen LogP contribution in [0.2, 0.25) is 0 Å². The normalized spacial score (nSPS) is 10.8. The first kappa shape index (κ1) is 20.1. The lowest BCUT2D eigenvalue weighted by molar-refractivity contribution is 0.217. The Bertz CT molecular complexity index is 966. The van der Waals surface area contributed by atoms with Gasteiger partial charge in [-0.2, -0.15) is 0 Å². The molecule has 5 nitrogen and oxygen atoms in total. The summed E-state index contributed by atoms with van der Waals surface area (Å²) in [7, 11) is 4.04. The molecule has 1 aromatic carbocycles. The zero-order valence-electron chi connectivity index (χ0n) is 16.9. The number of rotatable bonds is 7. The van der Waals surface area contributed by atoms with Crippen LogP contribution in [0.25, 0.3) is 11.0 Å². The molecule has 3 aromatic rings. The van der Waals surface area contributed by atoms with Crippen molar-refractivity contribution in [3.8, 4) is 17.7 Å². The first-order chi connectivity index (χ1) is 13.6. The maximum absolute atomic E-state index is 5.97. The van der Waals surface area contributed by atoms with Crippen LogP contribution in [-0.2, 0) is 0 Å². The van der Waals surface area contributed by atoms with Gasteiger partial charge in [-0.1, -0.05) is 19.8 Å². The summed E-state index contributed by atoms with van der Waals surface area (Å²) in [5.41, 5.74) is 4.37. The quantitative estimate of drug-likeness (QED) is 0.569. The number of likely N-dealkylation sites (N-methyl/N-ethyl adjacent to an activating group) is 1. The molecule has 0 fully saturated rings. The molecule has 0 aliphatic heterocycles. The fraction of sp³-hybridized carbons (Fsp3) is 0.364. The summed E-state index contributed by atoms with van der Waals surface area (Å²) < 4.78 is 5.97. The van der Waals surface area contributed by atoms with E-state index in [1.54, 1.807) is 11.3 Å². The average Bonchev–Trinajstić information content (AvgIpc) is 3.17. The van der Waals surface area contributed by atoms with E-state index in [9.17, 15) is 0 Å². The van der Waals surface area contributed by atoms with Crippen LogP contribution >= 0.6 is 11.3 Å². The molecule has 3 rings (SSSR count). The summed E-state index contributed by atoms with van der Waals surface area (Å²) in [6, 6.07) is 8.14. The summed E-state index contributed by atoms with van der Waals surface area (Å²) in [5, 5.41) is 3.97. The van der Waals surface area contributed by atoms with Crippen molar-refractivity contribution in [2.24, 2.45) is 0 Å².